The minimum absolute atomic E-state index is 0.0724. The maximum atomic E-state index is 12.3. The number of hydrogen-bond donors (Lipinski definition) is 2. The summed E-state index contributed by atoms with van der Waals surface area (Å²) in [6.07, 6.45) is 2.65. The van der Waals surface area contributed by atoms with Crippen molar-refractivity contribution >= 4 is 23.5 Å². The number of aromatic nitrogens is 1. The quantitative estimate of drug-likeness (QED) is 0.849. The second-order valence-corrected chi connectivity index (χ2v) is 5.86. The highest BCUT2D eigenvalue weighted by Crippen LogP contribution is 2.26. The van der Waals surface area contributed by atoms with E-state index in [0.29, 0.717) is 18.0 Å². The summed E-state index contributed by atoms with van der Waals surface area (Å²) in [4.78, 5) is 16.3. The Morgan fingerprint density at radius 1 is 1.41 bits per heavy atom. The van der Waals surface area contributed by atoms with Crippen LogP contribution in [0, 0.1) is 0 Å². The summed E-state index contributed by atoms with van der Waals surface area (Å²) in [5.41, 5.74) is 3.94. The molecule has 6 heteroatoms. The highest BCUT2D eigenvalue weighted by molar-refractivity contribution is 8.00. The Morgan fingerprint density at radius 2 is 2.32 bits per heavy atom. The molecule has 2 N–H and O–H groups in total. The van der Waals surface area contributed by atoms with Crippen LogP contribution in [0.5, 0.6) is 5.88 Å². The molecular formula is C16H17N3O2S. The molecular weight excluding hydrogens is 298 g/mol. The first-order chi connectivity index (χ1) is 10.8. The van der Waals surface area contributed by atoms with Gasteiger partial charge in [0.05, 0.1) is 7.11 Å². The molecule has 0 aliphatic carbocycles. The Hall–Kier alpha value is -2.21. The van der Waals surface area contributed by atoms with Gasteiger partial charge in [-0.1, -0.05) is 11.9 Å². The summed E-state index contributed by atoms with van der Waals surface area (Å²) in [6.45, 7) is 0.447. The second kappa shape index (κ2) is 6.70. The number of nitrogens with one attached hydrogen (secondary N) is 2. The lowest BCUT2D eigenvalue weighted by molar-refractivity contribution is 0.0951. The van der Waals surface area contributed by atoms with Gasteiger partial charge in [-0.15, -0.1) is 0 Å². The van der Waals surface area contributed by atoms with Gasteiger partial charge < -0.3 is 14.8 Å². The van der Waals surface area contributed by atoms with Gasteiger partial charge in [0.25, 0.3) is 5.91 Å². The van der Waals surface area contributed by atoms with Gasteiger partial charge in [0.15, 0.2) is 0 Å². The Bertz CT molecular complexity index is 691. The number of rotatable bonds is 4. The number of fused-ring (bicyclic) bond motifs is 1. The molecule has 5 nitrogen and oxygen atoms in total. The Labute approximate surface area is 133 Å². The SMILES string of the molecule is COc1cc(CNC(=O)c2ccc3c(c2)CCSN3)ccn1. The van der Waals surface area contributed by atoms with Gasteiger partial charge in [0.2, 0.25) is 5.88 Å². The number of benzene rings is 1. The van der Waals surface area contributed by atoms with Crippen molar-refractivity contribution in [3.05, 3.63) is 53.2 Å². The van der Waals surface area contributed by atoms with Gasteiger partial charge >= 0.3 is 0 Å². The van der Waals surface area contributed by atoms with Crippen molar-refractivity contribution in [3.63, 3.8) is 0 Å². The highest BCUT2D eigenvalue weighted by atomic mass is 32.2. The summed E-state index contributed by atoms with van der Waals surface area (Å²) in [6, 6.07) is 9.45. The molecule has 3 rings (SSSR count). The molecule has 2 heterocycles. The van der Waals surface area contributed by atoms with Crippen LogP contribution in [-0.2, 0) is 13.0 Å². The number of hydrogen-bond acceptors (Lipinski definition) is 5. The van der Waals surface area contributed by atoms with Crippen LogP contribution in [0.2, 0.25) is 0 Å². The van der Waals surface area contributed by atoms with E-state index in [9.17, 15) is 4.79 Å². The number of anilines is 1. The molecule has 1 amide bonds. The summed E-state index contributed by atoms with van der Waals surface area (Å²) < 4.78 is 8.34. The molecule has 0 unspecified atom stereocenters. The first-order valence-corrected chi connectivity index (χ1v) is 8.02. The van der Waals surface area contributed by atoms with Crippen LogP contribution in [0.3, 0.4) is 0 Å². The molecule has 1 aliphatic heterocycles. The Balaban J connectivity index is 1.66. The predicted molar refractivity (Wildman–Crippen MR) is 88.2 cm³/mol. The number of pyridine rings is 1. The van der Waals surface area contributed by atoms with E-state index in [1.807, 2.05) is 30.3 Å². The number of carbonyl (C=O) groups excluding carboxylic acids is 1. The maximum absolute atomic E-state index is 12.3. The fraction of sp³-hybridized carbons (Fsp3) is 0.250. The fourth-order valence-corrected chi connectivity index (χ4v) is 3.07. The van der Waals surface area contributed by atoms with Crippen molar-refractivity contribution in [3.8, 4) is 5.88 Å². The van der Waals surface area contributed by atoms with Crippen molar-refractivity contribution in [1.29, 1.82) is 0 Å². The average Bonchev–Trinajstić information content (AvgIpc) is 2.59. The lowest BCUT2D eigenvalue weighted by Crippen LogP contribution is -2.23. The molecule has 0 spiro atoms. The molecule has 114 valence electrons. The van der Waals surface area contributed by atoms with Crippen LogP contribution in [0.1, 0.15) is 21.5 Å². The zero-order valence-electron chi connectivity index (χ0n) is 12.3. The largest absolute Gasteiger partial charge is 0.481 e. The van der Waals surface area contributed by atoms with Crippen LogP contribution < -0.4 is 14.8 Å². The number of aryl methyl sites for hydroxylation is 1. The monoisotopic (exact) mass is 315 g/mol. The van der Waals surface area contributed by atoms with E-state index in [1.54, 1.807) is 25.3 Å². The standard InChI is InChI=1S/C16H17N3O2S/c1-21-15-8-11(4-6-17-15)10-18-16(20)13-2-3-14-12(9-13)5-7-22-19-14/h2-4,6,8-9,19H,5,7,10H2,1H3,(H,18,20). The third-order valence-electron chi connectivity index (χ3n) is 3.48. The lowest BCUT2D eigenvalue weighted by atomic mass is 10.1. The molecule has 0 saturated heterocycles. The van der Waals surface area contributed by atoms with E-state index in [4.69, 9.17) is 4.74 Å². The third-order valence-corrected chi connectivity index (χ3v) is 4.26. The lowest BCUT2D eigenvalue weighted by Gasteiger charge is -2.17. The molecule has 0 fully saturated rings. The van der Waals surface area contributed by atoms with E-state index >= 15 is 0 Å². The summed E-state index contributed by atoms with van der Waals surface area (Å²) in [7, 11) is 1.57. The number of ether oxygens (including phenoxy) is 1. The van der Waals surface area contributed by atoms with Crippen LogP contribution in [-0.4, -0.2) is 23.8 Å². The van der Waals surface area contributed by atoms with Crippen LogP contribution in [0.4, 0.5) is 5.69 Å². The smallest absolute Gasteiger partial charge is 0.251 e. The number of nitrogens with zero attached hydrogens (tertiary/aromatic N) is 1. The van der Waals surface area contributed by atoms with Crippen molar-refractivity contribution in [2.75, 3.05) is 17.6 Å². The Kier molecular flexibility index (Phi) is 4.48. The van der Waals surface area contributed by atoms with Gasteiger partial charge in [0.1, 0.15) is 0 Å². The van der Waals surface area contributed by atoms with Crippen molar-refractivity contribution in [2.45, 2.75) is 13.0 Å². The Morgan fingerprint density at radius 3 is 3.18 bits per heavy atom. The average molecular weight is 315 g/mol. The van der Waals surface area contributed by atoms with E-state index in [2.05, 4.69) is 15.0 Å². The van der Waals surface area contributed by atoms with Crippen molar-refractivity contribution in [2.24, 2.45) is 0 Å². The molecule has 0 radical (unpaired) electrons. The molecule has 22 heavy (non-hydrogen) atoms. The number of methoxy groups -OCH3 is 1. The zero-order chi connectivity index (χ0) is 15.4. The minimum atomic E-state index is -0.0724. The van der Waals surface area contributed by atoms with E-state index in [-0.39, 0.29) is 5.91 Å². The normalized spacial score (nSPS) is 13.0. The van der Waals surface area contributed by atoms with Crippen LogP contribution in [0.25, 0.3) is 0 Å². The molecule has 0 bridgehead atoms. The van der Waals surface area contributed by atoms with Crippen molar-refractivity contribution < 1.29 is 9.53 Å². The van der Waals surface area contributed by atoms with Gasteiger partial charge in [-0.25, -0.2) is 4.98 Å². The molecule has 1 aliphatic rings. The van der Waals surface area contributed by atoms with E-state index < -0.39 is 0 Å². The predicted octanol–water partition coefficient (Wildman–Crippen LogP) is 2.64. The maximum Gasteiger partial charge on any atom is 0.251 e. The third kappa shape index (κ3) is 3.33. The van der Waals surface area contributed by atoms with Gasteiger partial charge in [-0.2, -0.15) is 0 Å². The highest BCUT2D eigenvalue weighted by Gasteiger charge is 2.12. The van der Waals surface area contributed by atoms with E-state index in [0.717, 1.165) is 23.4 Å². The molecule has 0 saturated carbocycles. The number of amides is 1. The fourth-order valence-electron chi connectivity index (χ4n) is 2.29. The first kappa shape index (κ1) is 14.7. The topological polar surface area (TPSA) is 63.2 Å². The van der Waals surface area contributed by atoms with Crippen LogP contribution >= 0.6 is 11.9 Å². The molecule has 1 aromatic heterocycles. The number of carbonyl (C=O) groups is 1. The first-order valence-electron chi connectivity index (χ1n) is 7.04. The van der Waals surface area contributed by atoms with Gasteiger partial charge in [-0.05, 0) is 41.8 Å². The van der Waals surface area contributed by atoms with Crippen molar-refractivity contribution in [1.82, 2.24) is 10.3 Å². The van der Waals surface area contributed by atoms with Crippen LogP contribution in [0.15, 0.2) is 36.5 Å². The molecule has 1 aromatic carbocycles. The molecule has 2 aromatic rings. The zero-order valence-corrected chi connectivity index (χ0v) is 13.1. The second-order valence-electron chi connectivity index (χ2n) is 4.96. The minimum Gasteiger partial charge on any atom is -0.481 e. The van der Waals surface area contributed by atoms with E-state index in [1.165, 1.54) is 5.56 Å². The van der Waals surface area contributed by atoms with Gasteiger partial charge in [-0.3, -0.25) is 4.79 Å². The molecule has 0 atom stereocenters. The summed E-state index contributed by atoms with van der Waals surface area (Å²) in [5, 5.41) is 2.93. The summed E-state index contributed by atoms with van der Waals surface area (Å²) in [5.74, 6) is 1.50. The summed E-state index contributed by atoms with van der Waals surface area (Å²) >= 11 is 1.69. The van der Waals surface area contributed by atoms with Gasteiger partial charge in [0, 0.05) is 35.8 Å².